The zero-order chi connectivity index (χ0) is 16.4. The fourth-order valence-corrected chi connectivity index (χ4v) is 2.73. The van der Waals surface area contributed by atoms with Crippen molar-refractivity contribution in [3.8, 4) is 0 Å². The van der Waals surface area contributed by atoms with E-state index in [1.165, 1.54) is 10.6 Å². The maximum atomic E-state index is 12.1. The van der Waals surface area contributed by atoms with Crippen molar-refractivity contribution in [1.82, 2.24) is 9.88 Å². The second kappa shape index (κ2) is 6.42. The lowest BCUT2D eigenvalue weighted by atomic mass is 10.2. The topological polar surface area (TPSA) is 64.2 Å². The molecule has 0 unspecified atom stereocenters. The number of rotatable bonds is 4. The molecule has 1 atom stereocenters. The first-order valence-corrected chi connectivity index (χ1v) is 7.96. The van der Waals surface area contributed by atoms with Crippen molar-refractivity contribution in [3.05, 3.63) is 69.2 Å². The molecule has 0 spiro atoms. The highest BCUT2D eigenvalue weighted by Crippen LogP contribution is 2.23. The van der Waals surface area contributed by atoms with Gasteiger partial charge in [-0.3, -0.25) is 9.59 Å². The quantitative estimate of drug-likeness (QED) is 0.762. The van der Waals surface area contributed by atoms with Crippen LogP contribution in [-0.2, 0) is 11.3 Å². The molecular formula is C17H15BrN2O3. The number of halogens is 1. The summed E-state index contributed by atoms with van der Waals surface area (Å²) in [5.41, 5.74) is 0.562. The van der Waals surface area contributed by atoms with Gasteiger partial charge in [-0.2, -0.15) is 0 Å². The summed E-state index contributed by atoms with van der Waals surface area (Å²) in [5.74, 6) is 0.430. The number of carbonyl (C=O) groups is 1. The summed E-state index contributed by atoms with van der Waals surface area (Å²) >= 11 is 3.29. The molecule has 0 fully saturated rings. The first-order chi connectivity index (χ1) is 11.0. The minimum absolute atomic E-state index is 0.0388. The molecule has 0 aliphatic carbocycles. The Labute approximate surface area is 141 Å². The zero-order valence-electron chi connectivity index (χ0n) is 12.5. The molecule has 2 aromatic heterocycles. The van der Waals surface area contributed by atoms with E-state index >= 15 is 0 Å². The van der Waals surface area contributed by atoms with Crippen LogP contribution in [0, 0.1) is 0 Å². The van der Waals surface area contributed by atoms with Crippen LogP contribution in [0.5, 0.6) is 0 Å². The first kappa shape index (κ1) is 15.6. The van der Waals surface area contributed by atoms with E-state index in [9.17, 15) is 9.59 Å². The van der Waals surface area contributed by atoms with Crippen LogP contribution in [0.25, 0.3) is 11.0 Å². The molecule has 0 saturated heterocycles. The first-order valence-electron chi connectivity index (χ1n) is 7.17. The van der Waals surface area contributed by atoms with Gasteiger partial charge in [0.2, 0.25) is 5.91 Å². The van der Waals surface area contributed by atoms with Crippen LogP contribution in [0.4, 0.5) is 0 Å². The molecule has 2 heterocycles. The van der Waals surface area contributed by atoms with Crippen molar-refractivity contribution >= 4 is 32.8 Å². The summed E-state index contributed by atoms with van der Waals surface area (Å²) in [6.45, 7) is 1.81. The number of aromatic nitrogens is 1. The van der Waals surface area contributed by atoms with Gasteiger partial charge in [-0.25, -0.2) is 0 Å². The molecule has 1 amide bonds. The molecule has 0 aliphatic rings. The molecule has 118 valence electrons. The summed E-state index contributed by atoms with van der Waals surface area (Å²) in [7, 11) is 0. The summed E-state index contributed by atoms with van der Waals surface area (Å²) < 4.78 is 7.83. The number of fused-ring (bicyclic) bond motifs is 1. The third-order valence-corrected chi connectivity index (χ3v) is 3.98. The Kier molecular flexibility index (Phi) is 4.34. The Morgan fingerprint density at radius 2 is 2.09 bits per heavy atom. The average molecular weight is 375 g/mol. The average Bonchev–Trinajstić information content (AvgIpc) is 2.95. The summed E-state index contributed by atoms with van der Waals surface area (Å²) in [5, 5.41) is 3.84. The fraction of sp³-hybridized carbons (Fsp3) is 0.176. The molecule has 5 nitrogen and oxygen atoms in total. The van der Waals surface area contributed by atoms with Crippen LogP contribution in [0.1, 0.15) is 18.7 Å². The summed E-state index contributed by atoms with van der Waals surface area (Å²) in [6, 6.07) is 12.4. The van der Waals surface area contributed by atoms with Gasteiger partial charge in [-0.05, 0) is 41.1 Å². The van der Waals surface area contributed by atoms with Crippen LogP contribution >= 0.6 is 15.9 Å². The Morgan fingerprint density at radius 1 is 1.30 bits per heavy atom. The monoisotopic (exact) mass is 374 g/mol. The second-order valence-corrected chi connectivity index (χ2v) is 6.20. The number of nitrogens with one attached hydrogen (secondary N) is 1. The smallest absolute Gasteiger partial charge is 0.251 e. The fourth-order valence-electron chi connectivity index (χ4n) is 2.35. The normalized spacial score (nSPS) is 12.3. The molecule has 0 saturated carbocycles. The Morgan fingerprint density at radius 3 is 2.87 bits per heavy atom. The number of nitrogens with zero attached hydrogens (tertiary/aromatic N) is 1. The zero-order valence-corrected chi connectivity index (χ0v) is 14.0. The molecule has 1 aromatic carbocycles. The van der Waals surface area contributed by atoms with Crippen molar-refractivity contribution in [2.75, 3.05) is 0 Å². The predicted molar refractivity (Wildman–Crippen MR) is 91.2 cm³/mol. The van der Waals surface area contributed by atoms with Gasteiger partial charge in [0.25, 0.3) is 5.56 Å². The maximum Gasteiger partial charge on any atom is 0.251 e. The predicted octanol–water partition coefficient (Wildman–Crippen LogP) is 3.23. The van der Waals surface area contributed by atoms with Gasteiger partial charge in [0.05, 0.1) is 6.04 Å². The third kappa shape index (κ3) is 3.53. The van der Waals surface area contributed by atoms with Crippen LogP contribution in [0.3, 0.4) is 0 Å². The molecule has 3 aromatic rings. The second-order valence-electron chi connectivity index (χ2n) is 5.29. The maximum absolute atomic E-state index is 12.1. The Balaban J connectivity index is 1.71. The molecule has 3 rings (SSSR count). The van der Waals surface area contributed by atoms with Crippen molar-refractivity contribution in [3.63, 3.8) is 0 Å². The molecule has 6 heteroatoms. The summed E-state index contributed by atoms with van der Waals surface area (Å²) in [6.07, 6.45) is 1.59. The molecule has 0 aliphatic heterocycles. The van der Waals surface area contributed by atoms with Crippen LogP contribution < -0.4 is 10.9 Å². The summed E-state index contributed by atoms with van der Waals surface area (Å²) in [4.78, 5) is 23.9. The Bertz CT molecular complexity index is 880. The minimum Gasteiger partial charge on any atom is -0.459 e. The van der Waals surface area contributed by atoms with E-state index in [0.29, 0.717) is 5.76 Å². The molecular weight excluding hydrogens is 360 g/mol. The standard InChI is InChI=1S/C17H15BrN2O3/c1-11(15-8-12-4-2-3-5-14(12)23-15)19-16(21)10-20-9-13(18)6-7-17(20)22/h2-9,11H,10H2,1H3,(H,19,21)/t11-/m0/s1. The van der Waals surface area contributed by atoms with Crippen molar-refractivity contribution < 1.29 is 9.21 Å². The van der Waals surface area contributed by atoms with Crippen molar-refractivity contribution in [2.45, 2.75) is 19.5 Å². The molecule has 23 heavy (non-hydrogen) atoms. The van der Waals surface area contributed by atoms with Crippen LogP contribution in [0.2, 0.25) is 0 Å². The molecule has 1 N–H and O–H groups in total. The van der Waals surface area contributed by atoms with Crippen molar-refractivity contribution in [2.24, 2.45) is 0 Å². The van der Waals surface area contributed by atoms with E-state index in [1.807, 2.05) is 37.3 Å². The number of hydrogen-bond acceptors (Lipinski definition) is 3. The number of pyridine rings is 1. The van der Waals surface area contributed by atoms with Gasteiger partial charge >= 0.3 is 0 Å². The lowest BCUT2D eigenvalue weighted by Gasteiger charge is -2.12. The van der Waals surface area contributed by atoms with E-state index in [4.69, 9.17) is 4.42 Å². The van der Waals surface area contributed by atoms with Crippen molar-refractivity contribution in [1.29, 1.82) is 0 Å². The van der Waals surface area contributed by atoms with E-state index in [0.717, 1.165) is 15.4 Å². The number of amides is 1. The lowest BCUT2D eigenvalue weighted by Crippen LogP contribution is -2.33. The van der Waals surface area contributed by atoms with Gasteiger partial charge in [0, 0.05) is 22.1 Å². The van der Waals surface area contributed by atoms with Gasteiger partial charge in [0.15, 0.2) is 0 Å². The van der Waals surface area contributed by atoms with Gasteiger partial charge < -0.3 is 14.3 Å². The number of benzene rings is 1. The SMILES string of the molecule is C[C@H](NC(=O)Cn1cc(Br)ccc1=O)c1cc2ccccc2o1. The van der Waals surface area contributed by atoms with Crippen LogP contribution in [0.15, 0.2) is 62.3 Å². The number of para-hydroxylation sites is 1. The molecule has 0 bridgehead atoms. The highest BCUT2D eigenvalue weighted by atomic mass is 79.9. The highest BCUT2D eigenvalue weighted by molar-refractivity contribution is 9.10. The number of hydrogen-bond donors (Lipinski definition) is 1. The molecule has 0 radical (unpaired) electrons. The van der Waals surface area contributed by atoms with Crippen LogP contribution in [-0.4, -0.2) is 10.5 Å². The lowest BCUT2D eigenvalue weighted by molar-refractivity contribution is -0.122. The van der Waals surface area contributed by atoms with Gasteiger partial charge in [0.1, 0.15) is 17.9 Å². The van der Waals surface area contributed by atoms with E-state index in [2.05, 4.69) is 21.2 Å². The van der Waals surface area contributed by atoms with E-state index < -0.39 is 0 Å². The van der Waals surface area contributed by atoms with Gasteiger partial charge in [-0.15, -0.1) is 0 Å². The number of carbonyl (C=O) groups excluding carboxylic acids is 1. The minimum atomic E-state index is -0.280. The van der Waals surface area contributed by atoms with E-state index in [-0.39, 0.29) is 24.1 Å². The van der Waals surface area contributed by atoms with Gasteiger partial charge in [-0.1, -0.05) is 18.2 Å². The highest BCUT2D eigenvalue weighted by Gasteiger charge is 2.14. The third-order valence-electron chi connectivity index (χ3n) is 3.51. The van der Waals surface area contributed by atoms with E-state index in [1.54, 1.807) is 12.3 Å². The Hall–Kier alpha value is -2.34. The number of furan rings is 1. The largest absolute Gasteiger partial charge is 0.459 e.